The van der Waals surface area contributed by atoms with Gasteiger partial charge >= 0.3 is 0 Å². The molecule has 15 heteroatoms. The summed E-state index contributed by atoms with van der Waals surface area (Å²) in [6, 6.07) is 5.80. The normalized spacial score (nSPS) is 14.3. The van der Waals surface area contributed by atoms with Crippen molar-refractivity contribution in [1.29, 1.82) is 0 Å². The van der Waals surface area contributed by atoms with E-state index >= 15 is 0 Å². The van der Waals surface area contributed by atoms with Crippen LogP contribution in [-0.4, -0.2) is 63.8 Å². The summed E-state index contributed by atoms with van der Waals surface area (Å²) in [5.41, 5.74) is 0.298. The number of thioether (sulfide) groups is 1. The van der Waals surface area contributed by atoms with Crippen LogP contribution < -0.4 is 10.6 Å². The molecule has 0 aliphatic carbocycles. The summed E-state index contributed by atoms with van der Waals surface area (Å²) in [6.07, 6.45) is 1.71. The van der Waals surface area contributed by atoms with Crippen LogP contribution in [0.25, 0.3) is 0 Å². The Morgan fingerprint density at radius 1 is 1.00 bits per heavy atom. The van der Waals surface area contributed by atoms with Gasteiger partial charge in [0.25, 0.3) is 5.91 Å². The fraction of sp³-hybridized carbons (Fsp3) is 0.333. The van der Waals surface area contributed by atoms with E-state index in [0.717, 1.165) is 29.2 Å². The van der Waals surface area contributed by atoms with Crippen molar-refractivity contribution in [3.05, 3.63) is 34.8 Å². The Balaban J connectivity index is 1.30. The first-order valence-corrected chi connectivity index (χ1v) is 13.8. The standard InChI is InChI=1S/C18H19N7O4S4/c1-11-21-22-16(31-11)19-14(26)10-30-18-24-23-17(32-18)20-15(27)12-4-6-13(7-5-12)33(28,29)25-8-2-3-9-25/h4-7H,2-3,8-10H2,1H3,(H,19,22,26)(H,20,23,27). The second-order valence-electron chi connectivity index (χ2n) is 6.93. The zero-order valence-electron chi connectivity index (χ0n) is 17.3. The number of amides is 2. The van der Waals surface area contributed by atoms with Crippen LogP contribution in [-0.2, 0) is 14.8 Å². The van der Waals surface area contributed by atoms with E-state index in [2.05, 4.69) is 31.0 Å². The molecule has 1 aliphatic rings. The van der Waals surface area contributed by atoms with Gasteiger partial charge in [-0.15, -0.1) is 20.4 Å². The maximum Gasteiger partial charge on any atom is 0.257 e. The summed E-state index contributed by atoms with van der Waals surface area (Å²) >= 11 is 3.60. The number of sulfonamides is 1. The second kappa shape index (κ2) is 10.2. The number of hydrogen-bond donors (Lipinski definition) is 2. The van der Waals surface area contributed by atoms with Gasteiger partial charge in [-0.1, -0.05) is 34.4 Å². The zero-order chi connectivity index (χ0) is 23.4. The molecule has 0 saturated carbocycles. The van der Waals surface area contributed by atoms with Crippen molar-refractivity contribution in [3.63, 3.8) is 0 Å². The predicted octanol–water partition coefficient (Wildman–Crippen LogP) is 2.47. The Hall–Kier alpha value is -2.46. The molecule has 33 heavy (non-hydrogen) atoms. The van der Waals surface area contributed by atoms with E-state index in [1.165, 1.54) is 51.7 Å². The molecular weight excluding hydrogens is 507 g/mol. The third-order valence-corrected chi connectivity index (χ3v) is 9.18. The first-order valence-electron chi connectivity index (χ1n) is 9.79. The highest BCUT2D eigenvalue weighted by atomic mass is 32.2. The molecule has 174 valence electrons. The molecule has 1 aromatic carbocycles. The van der Waals surface area contributed by atoms with Crippen LogP contribution in [0.15, 0.2) is 33.5 Å². The molecule has 2 N–H and O–H groups in total. The fourth-order valence-corrected chi connectivity index (χ4v) is 6.65. The summed E-state index contributed by atoms with van der Waals surface area (Å²) in [7, 11) is -3.53. The van der Waals surface area contributed by atoms with Gasteiger partial charge in [-0.2, -0.15) is 4.31 Å². The van der Waals surface area contributed by atoms with E-state index in [1.54, 1.807) is 6.92 Å². The smallest absolute Gasteiger partial charge is 0.257 e. The average molecular weight is 526 g/mol. The highest BCUT2D eigenvalue weighted by molar-refractivity contribution is 8.01. The van der Waals surface area contributed by atoms with E-state index in [-0.39, 0.29) is 21.7 Å². The lowest BCUT2D eigenvalue weighted by Crippen LogP contribution is -2.27. The Morgan fingerprint density at radius 2 is 1.67 bits per heavy atom. The van der Waals surface area contributed by atoms with Gasteiger partial charge in [-0.3, -0.25) is 20.2 Å². The van der Waals surface area contributed by atoms with Crippen molar-refractivity contribution < 1.29 is 18.0 Å². The van der Waals surface area contributed by atoms with Gasteiger partial charge in [-0.05, 0) is 44.0 Å². The molecule has 0 bridgehead atoms. The van der Waals surface area contributed by atoms with E-state index in [0.29, 0.717) is 28.1 Å². The number of nitrogens with one attached hydrogen (secondary N) is 2. The lowest BCUT2D eigenvalue weighted by atomic mass is 10.2. The number of anilines is 2. The molecule has 1 fully saturated rings. The van der Waals surface area contributed by atoms with E-state index in [4.69, 9.17) is 0 Å². The summed E-state index contributed by atoms with van der Waals surface area (Å²) in [5, 5.41) is 22.3. The molecule has 0 spiro atoms. The first kappa shape index (κ1) is 23.7. The molecule has 2 amide bonds. The minimum Gasteiger partial charge on any atom is -0.300 e. The highest BCUT2D eigenvalue weighted by Gasteiger charge is 2.27. The summed E-state index contributed by atoms with van der Waals surface area (Å²) in [4.78, 5) is 24.7. The summed E-state index contributed by atoms with van der Waals surface area (Å²) in [6.45, 7) is 2.83. The van der Waals surface area contributed by atoms with Crippen LogP contribution in [0.2, 0.25) is 0 Å². The van der Waals surface area contributed by atoms with Gasteiger partial charge in [0, 0.05) is 18.7 Å². The summed E-state index contributed by atoms with van der Waals surface area (Å²) < 4.78 is 27.2. The molecule has 1 aliphatic heterocycles. The van der Waals surface area contributed by atoms with Crippen molar-refractivity contribution >= 4 is 66.5 Å². The van der Waals surface area contributed by atoms with Gasteiger partial charge in [0.15, 0.2) is 4.34 Å². The fourth-order valence-electron chi connectivity index (χ4n) is 2.97. The van der Waals surface area contributed by atoms with Crippen LogP contribution in [0.3, 0.4) is 0 Å². The van der Waals surface area contributed by atoms with Crippen molar-refractivity contribution in [3.8, 4) is 0 Å². The molecular formula is C18H19N7O4S4. The number of benzene rings is 1. The monoisotopic (exact) mass is 525 g/mol. The number of carbonyl (C=O) groups excluding carboxylic acids is 2. The topological polar surface area (TPSA) is 147 Å². The number of aromatic nitrogens is 4. The SMILES string of the molecule is Cc1nnc(NC(=O)CSc2nnc(NC(=O)c3ccc(S(=O)(=O)N4CCCC4)cc3)s2)s1. The molecule has 0 radical (unpaired) electrons. The van der Waals surface area contributed by atoms with Gasteiger partial charge in [-0.25, -0.2) is 8.42 Å². The Labute approximate surface area is 202 Å². The quantitative estimate of drug-likeness (QED) is 0.334. The van der Waals surface area contributed by atoms with Crippen molar-refractivity contribution in [1.82, 2.24) is 24.7 Å². The zero-order valence-corrected chi connectivity index (χ0v) is 20.6. The molecule has 3 aromatic rings. The number of rotatable bonds is 8. The molecule has 0 atom stereocenters. The van der Waals surface area contributed by atoms with Gasteiger partial charge in [0.05, 0.1) is 10.6 Å². The minimum atomic E-state index is -3.53. The Morgan fingerprint density at radius 3 is 2.33 bits per heavy atom. The average Bonchev–Trinajstić information content (AvgIpc) is 3.55. The second-order valence-corrected chi connectivity index (χ2v) is 12.2. The third-order valence-electron chi connectivity index (χ3n) is 4.55. The molecule has 2 aromatic heterocycles. The molecule has 0 unspecified atom stereocenters. The molecule has 1 saturated heterocycles. The van der Waals surface area contributed by atoms with Crippen LogP contribution in [0.1, 0.15) is 28.2 Å². The van der Waals surface area contributed by atoms with Crippen LogP contribution >= 0.6 is 34.4 Å². The largest absolute Gasteiger partial charge is 0.300 e. The van der Waals surface area contributed by atoms with Gasteiger partial charge < -0.3 is 0 Å². The lowest BCUT2D eigenvalue weighted by molar-refractivity contribution is -0.113. The Bertz CT molecular complexity index is 1250. The highest BCUT2D eigenvalue weighted by Crippen LogP contribution is 2.26. The van der Waals surface area contributed by atoms with Gasteiger partial charge in [0.1, 0.15) is 5.01 Å². The Kier molecular flexibility index (Phi) is 7.33. The van der Waals surface area contributed by atoms with Crippen LogP contribution in [0.4, 0.5) is 10.3 Å². The van der Waals surface area contributed by atoms with Crippen molar-refractivity contribution in [2.24, 2.45) is 0 Å². The number of carbonyl (C=O) groups is 2. The maximum absolute atomic E-state index is 12.6. The molecule has 4 rings (SSSR count). The van der Waals surface area contributed by atoms with Gasteiger partial charge in [0.2, 0.25) is 26.2 Å². The van der Waals surface area contributed by atoms with E-state index < -0.39 is 15.9 Å². The van der Waals surface area contributed by atoms with Crippen molar-refractivity contribution in [2.45, 2.75) is 29.0 Å². The van der Waals surface area contributed by atoms with E-state index in [1.807, 2.05) is 0 Å². The van der Waals surface area contributed by atoms with Crippen molar-refractivity contribution in [2.75, 3.05) is 29.5 Å². The minimum absolute atomic E-state index is 0.105. The summed E-state index contributed by atoms with van der Waals surface area (Å²) in [5.74, 6) is -0.577. The van der Waals surface area contributed by atoms with Crippen LogP contribution in [0.5, 0.6) is 0 Å². The number of hydrogen-bond acceptors (Lipinski definition) is 11. The predicted molar refractivity (Wildman–Crippen MR) is 126 cm³/mol. The van der Waals surface area contributed by atoms with Crippen LogP contribution in [0, 0.1) is 6.92 Å². The number of nitrogens with zero attached hydrogens (tertiary/aromatic N) is 5. The molecule has 11 nitrogen and oxygen atoms in total. The molecule has 3 heterocycles. The van der Waals surface area contributed by atoms with E-state index in [9.17, 15) is 18.0 Å². The lowest BCUT2D eigenvalue weighted by Gasteiger charge is -2.15. The number of aryl methyl sites for hydroxylation is 1. The first-order chi connectivity index (χ1) is 15.8. The third kappa shape index (κ3) is 5.92. The maximum atomic E-state index is 12.6.